The summed E-state index contributed by atoms with van der Waals surface area (Å²) in [6.07, 6.45) is 4.16. The third-order valence-electron chi connectivity index (χ3n) is 3.83. The Bertz CT molecular complexity index is 451. The van der Waals surface area contributed by atoms with Crippen molar-refractivity contribution >= 4 is 11.7 Å². The number of hydrogen-bond acceptors (Lipinski definition) is 4. The van der Waals surface area contributed by atoms with E-state index in [0.717, 1.165) is 50.6 Å². The largest absolute Gasteiger partial charge is 0.356 e. The number of aromatic nitrogens is 1. The molecular formula is C14H20N4O. The summed E-state index contributed by atoms with van der Waals surface area (Å²) in [6.45, 7) is 5.36. The first-order valence-electron chi connectivity index (χ1n) is 7.06. The van der Waals surface area contributed by atoms with Crippen molar-refractivity contribution in [3.05, 3.63) is 23.9 Å². The van der Waals surface area contributed by atoms with Gasteiger partial charge in [0, 0.05) is 45.5 Å². The van der Waals surface area contributed by atoms with Gasteiger partial charge < -0.3 is 15.1 Å². The lowest BCUT2D eigenvalue weighted by Crippen LogP contribution is -2.46. The summed E-state index contributed by atoms with van der Waals surface area (Å²) in [5, 5.41) is 3.27. The molecule has 1 amide bonds. The minimum absolute atomic E-state index is 0.122. The monoisotopic (exact) mass is 260 g/mol. The van der Waals surface area contributed by atoms with E-state index in [1.807, 2.05) is 17.0 Å². The summed E-state index contributed by atoms with van der Waals surface area (Å²) in [7, 11) is 0. The molecule has 5 heteroatoms. The number of rotatable bonds is 2. The van der Waals surface area contributed by atoms with Gasteiger partial charge in [-0.2, -0.15) is 0 Å². The zero-order chi connectivity index (χ0) is 13.1. The van der Waals surface area contributed by atoms with Crippen LogP contribution in [0.15, 0.2) is 18.3 Å². The molecule has 0 saturated carbocycles. The van der Waals surface area contributed by atoms with Gasteiger partial charge in [0.1, 0.15) is 5.82 Å². The fourth-order valence-corrected chi connectivity index (χ4v) is 2.78. The number of hydrogen-bond donors (Lipinski definition) is 1. The Kier molecular flexibility index (Phi) is 3.64. The average molecular weight is 260 g/mol. The molecule has 3 rings (SSSR count). The van der Waals surface area contributed by atoms with E-state index in [4.69, 9.17) is 0 Å². The van der Waals surface area contributed by atoms with Gasteiger partial charge in [-0.1, -0.05) is 0 Å². The maximum absolute atomic E-state index is 12.6. The van der Waals surface area contributed by atoms with Crippen molar-refractivity contribution in [1.29, 1.82) is 0 Å². The van der Waals surface area contributed by atoms with Crippen molar-refractivity contribution < 1.29 is 4.79 Å². The molecule has 0 aromatic carbocycles. The molecule has 5 nitrogen and oxygen atoms in total. The minimum atomic E-state index is 0.122. The van der Waals surface area contributed by atoms with Gasteiger partial charge in [-0.15, -0.1) is 0 Å². The third-order valence-corrected chi connectivity index (χ3v) is 3.83. The Balaban J connectivity index is 1.84. The molecule has 2 aliphatic heterocycles. The van der Waals surface area contributed by atoms with E-state index in [1.165, 1.54) is 12.8 Å². The van der Waals surface area contributed by atoms with Crippen LogP contribution in [0.3, 0.4) is 0 Å². The maximum Gasteiger partial charge on any atom is 0.257 e. The number of carbonyl (C=O) groups is 1. The molecule has 2 saturated heterocycles. The third kappa shape index (κ3) is 2.56. The lowest BCUT2D eigenvalue weighted by Gasteiger charge is -2.29. The second kappa shape index (κ2) is 5.57. The topological polar surface area (TPSA) is 48.5 Å². The molecule has 0 unspecified atom stereocenters. The van der Waals surface area contributed by atoms with E-state index >= 15 is 0 Å². The van der Waals surface area contributed by atoms with Gasteiger partial charge in [-0.05, 0) is 25.0 Å². The van der Waals surface area contributed by atoms with Gasteiger partial charge >= 0.3 is 0 Å². The summed E-state index contributed by atoms with van der Waals surface area (Å²) in [6, 6.07) is 3.76. The molecule has 102 valence electrons. The predicted molar refractivity (Wildman–Crippen MR) is 74.5 cm³/mol. The summed E-state index contributed by atoms with van der Waals surface area (Å²) in [5.74, 6) is 0.986. The highest BCUT2D eigenvalue weighted by Gasteiger charge is 2.24. The molecule has 0 spiro atoms. The number of pyridine rings is 1. The van der Waals surface area contributed by atoms with Crippen LogP contribution in [0.1, 0.15) is 23.2 Å². The van der Waals surface area contributed by atoms with Crippen LogP contribution in [-0.2, 0) is 0 Å². The number of nitrogens with one attached hydrogen (secondary N) is 1. The minimum Gasteiger partial charge on any atom is -0.356 e. The maximum atomic E-state index is 12.6. The summed E-state index contributed by atoms with van der Waals surface area (Å²) >= 11 is 0. The van der Waals surface area contributed by atoms with E-state index in [9.17, 15) is 4.79 Å². The van der Waals surface area contributed by atoms with Crippen LogP contribution >= 0.6 is 0 Å². The highest BCUT2D eigenvalue weighted by molar-refractivity contribution is 5.99. The molecule has 2 aliphatic rings. The van der Waals surface area contributed by atoms with Crippen molar-refractivity contribution in [1.82, 2.24) is 15.2 Å². The quantitative estimate of drug-likeness (QED) is 0.851. The van der Waals surface area contributed by atoms with Crippen molar-refractivity contribution in [2.75, 3.05) is 44.2 Å². The molecule has 2 fully saturated rings. The number of piperazine rings is 1. The highest BCUT2D eigenvalue weighted by Crippen LogP contribution is 2.23. The normalized spacial score (nSPS) is 19.8. The van der Waals surface area contributed by atoms with Gasteiger partial charge in [-0.3, -0.25) is 4.79 Å². The van der Waals surface area contributed by atoms with E-state index in [0.29, 0.717) is 0 Å². The first kappa shape index (κ1) is 12.4. The van der Waals surface area contributed by atoms with E-state index in [2.05, 4.69) is 15.2 Å². The van der Waals surface area contributed by atoms with E-state index < -0.39 is 0 Å². The second-order valence-electron chi connectivity index (χ2n) is 5.11. The van der Waals surface area contributed by atoms with Crippen LogP contribution in [0.25, 0.3) is 0 Å². The first-order valence-corrected chi connectivity index (χ1v) is 7.06. The summed E-state index contributed by atoms with van der Waals surface area (Å²) in [4.78, 5) is 21.2. The van der Waals surface area contributed by atoms with Crippen molar-refractivity contribution in [2.24, 2.45) is 0 Å². The van der Waals surface area contributed by atoms with Crippen LogP contribution in [0.2, 0.25) is 0 Å². The first-order chi connectivity index (χ1) is 9.36. The van der Waals surface area contributed by atoms with Gasteiger partial charge in [-0.25, -0.2) is 4.98 Å². The fraction of sp³-hybridized carbons (Fsp3) is 0.571. The molecular weight excluding hydrogens is 240 g/mol. The summed E-state index contributed by atoms with van der Waals surface area (Å²) in [5.41, 5.74) is 0.756. The smallest absolute Gasteiger partial charge is 0.257 e. The molecule has 1 aromatic heterocycles. The SMILES string of the molecule is O=C(c1cccnc1N1CCCC1)N1CCNCC1. The molecule has 0 atom stereocenters. The van der Waals surface area contributed by atoms with Crippen LogP contribution in [0.5, 0.6) is 0 Å². The molecule has 1 N–H and O–H groups in total. The Labute approximate surface area is 113 Å². The van der Waals surface area contributed by atoms with Gasteiger partial charge in [0.2, 0.25) is 0 Å². The number of anilines is 1. The van der Waals surface area contributed by atoms with E-state index in [1.54, 1.807) is 6.20 Å². The molecule has 0 aliphatic carbocycles. The Morgan fingerprint density at radius 3 is 2.63 bits per heavy atom. The summed E-state index contributed by atoms with van der Waals surface area (Å²) < 4.78 is 0. The molecule has 19 heavy (non-hydrogen) atoms. The van der Waals surface area contributed by atoms with Crippen LogP contribution in [-0.4, -0.2) is 55.1 Å². The fourth-order valence-electron chi connectivity index (χ4n) is 2.78. The Morgan fingerprint density at radius 2 is 1.89 bits per heavy atom. The van der Waals surface area contributed by atoms with Crippen molar-refractivity contribution in [3.8, 4) is 0 Å². The predicted octanol–water partition coefficient (Wildman–Crippen LogP) is 0.727. The molecule has 1 aromatic rings. The lowest BCUT2D eigenvalue weighted by molar-refractivity contribution is 0.0736. The van der Waals surface area contributed by atoms with Crippen molar-refractivity contribution in [2.45, 2.75) is 12.8 Å². The van der Waals surface area contributed by atoms with Gasteiger partial charge in [0.15, 0.2) is 0 Å². The average Bonchev–Trinajstić information content (AvgIpc) is 3.01. The van der Waals surface area contributed by atoms with Crippen LogP contribution in [0.4, 0.5) is 5.82 Å². The Morgan fingerprint density at radius 1 is 1.16 bits per heavy atom. The zero-order valence-electron chi connectivity index (χ0n) is 11.1. The number of nitrogens with zero attached hydrogens (tertiary/aromatic N) is 3. The molecule has 3 heterocycles. The molecule has 0 radical (unpaired) electrons. The Hall–Kier alpha value is -1.62. The highest BCUT2D eigenvalue weighted by atomic mass is 16.2. The zero-order valence-corrected chi connectivity index (χ0v) is 11.1. The van der Waals surface area contributed by atoms with Crippen molar-refractivity contribution in [3.63, 3.8) is 0 Å². The standard InChI is InChI=1S/C14H20N4O/c19-14(18-10-6-15-7-11-18)12-4-3-5-16-13(12)17-8-1-2-9-17/h3-5,15H,1-2,6-11H2. The van der Waals surface area contributed by atoms with Gasteiger partial charge in [0.05, 0.1) is 5.56 Å². The van der Waals surface area contributed by atoms with Gasteiger partial charge in [0.25, 0.3) is 5.91 Å². The molecule has 0 bridgehead atoms. The van der Waals surface area contributed by atoms with Crippen LogP contribution < -0.4 is 10.2 Å². The second-order valence-corrected chi connectivity index (χ2v) is 5.11. The van der Waals surface area contributed by atoms with E-state index in [-0.39, 0.29) is 5.91 Å². The van der Waals surface area contributed by atoms with Crippen LogP contribution in [0, 0.1) is 0 Å². The number of amides is 1. The number of carbonyl (C=O) groups excluding carboxylic acids is 1. The lowest BCUT2D eigenvalue weighted by atomic mass is 10.2.